The van der Waals surface area contributed by atoms with Crippen LogP contribution in [0.2, 0.25) is 0 Å². The van der Waals surface area contributed by atoms with Crippen LogP contribution in [0.5, 0.6) is 0 Å². The summed E-state index contributed by atoms with van der Waals surface area (Å²) in [6, 6.07) is 8.64. The first-order valence-corrected chi connectivity index (χ1v) is 4.15. The van der Waals surface area contributed by atoms with Gasteiger partial charge in [0.05, 0.1) is 0 Å². The molecule has 1 aromatic carbocycles. The molecule has 1 unspecified atom stereocenters. The van der Waals surface area contributed by atoms with Crippen molar-refractivity contribution >= 4 is 17.4 Å². The van der Waals surface area contributed by atoms with E-state index in [9.17, 15) is 9.59 Å². The van der Waals surface area contributed by atoms with Crippen molar-refractivity contribution in [3.63, 3.8) is 0 Å². The standard InChI is InChI=1S/C10H11NO3/c1-7(12)9(13)10(14)11-8-5-3-2-4-6-8/h2-6,9,13H,1H3,(H,11,14). The Hall–Kier alpha value is -1.68. The lowest BCUT2D eigenvalue weighted by atomic mass is 10.2. The minimum Gasteiger partial charge on any atom is -0.376 e. The minimum atomic E-state index is -1.59. The van der Waals surface area contributed by atoms with E-state index in [1.165, 1.54) is 0 Å². The molecule has 0 fully saturated rings. The summed E-state index contributed by atoms with van der Waals surface area (Å²) in [5.41, 5.74) is 0.554. The molecule has 1 aromatic rings. The fourth-order valence-electron chi connectivity index (χ4n) is 0.917. The fraction of sp³-hybridized carbons (Fsp3) is 0.200. The summed E-state index contributed by atoms with van der Waals surface area (Å²) in [7, 11) is 0. The maximum absolute atomic E-state index is 11.2. The van der Waals surface area contributed by atoms with Gasteiger partial charge >= 0.3 is 0 Å². The maximum atomic E-state index is 11.2. The van der Waals surface area contributed by atoms with E-state index in [2.05, 4.69) is 5.32 Å². The molecule has 0 aliphatic rings. The Morgan fingerprint density at radius 1 is 1.29 bits per heavy atom. The van der Waals surface area contributed by atoms with Crippen LogP contribution in [-0.2, 0) is 9.59 Å². The van der Waals surface area contributed by atoms with E-state index in [4.69, 9.17) is 5.11 Å². The first-order chi connectivity index (χ1) is 6.61. The molecule has 0 aromatic heterocycles. The van der Waals surface area contributed by atoms with Gasteiger partial charge in [-0.3, -0.25) is 9.59 Å². The van der Waals surface area contributed by atoms with Crippen LogP contribution in [0, 0.1) is 0 Å². The molecule has 0 bridgehead atoms. The number of aliphatic hydroxyl groups excluding tert-OH is 1. The number of anilines is 1. The number of carbonyl (C=O) groups excluding carboxylic acids is 2. The zero-order valence-corrected chi connectivity index (χ0v) is 7.73. The summed E-state index contributed by atoms with van der Waals surface area (Å²) in [4.78, 5) is 21.8. The van der Waals surface area contributed by atoms with Crippen molar-refractivity contribution in [2.24, 2.45) is 0 Å². The molecule has 0 saturated heterocycles. The molecule has 1 atom stereocenters. The summed E-state index contributed by atoms with van der Waals surface area (Å²) in [5.74, 6) is -1.28. The zero-order chi connectivity index (χ0) is 10.6. The second-order valence-corrected chi connectivity index (χ2v) is 2.87. The molecular formula is C10H11NO3. The van der Waals surface area contributed by atoms with Crippen molar-refractivity contribution in [3.8, 4) is 0 Å². The third kappa shape index (κ3) is 2.67. The summed E-state index contributed by atoms with van der Waals surface area (Å²) < 4.78 is 0. The number of rotatable bonds is 3. The summed E-state index contributed by atoms with van der Waals surface area (Å²) in [6.07, 6.45) is -1.59. The largest absolute Gasteiger partial charge is 0.376 e. The van der Waals surface area contributed by atoms with Crippen molar-refractivity contribution in [2.75, 3.05) is 5.32 Å². The van der Waals surface area contributed by atoms with E-state index < -0.39 is 17.8 Å². The topological polar surface area (TPSA) is 66.4 Å². The minimum absolute atomic E-state index is 0.554. The van der Waals surface area contributed by atoms with Crippen LogP contribution in [0.25, 0.3) is 0 Å². The van der Waals surface area contributed by atoms with Crippen LogP contribution in [0.1, 0.15) is 6.92 Å². The van der Waals surface area contributed by atoms with Gasteiger partial charge in [0.25, 0.3) is 5.91 Å². The Morgan fingerprint density at radius 3 is 2.36 bits per heavy atom. The number of carbonyl (C=O) groups is 2. The van der Waals surface area contributed by atoms with Crippen LogP contribution < -0.4 is 5.32 Å². The van der Waals surface area contributed by atoms with Gasteiger partial charge in [-0.05, 0) is 19.1 Å². The summed E-state index contributed by atoms with van der Waals surface area (Å²) in [6.45, 7) is 1.16. The van der Waals surface area contributed by atoms with E-state index in [1.54, 1.807) is 30.3 Å². The third-order valence-corrected chi connectivity index (χ3v) is 1.67. The Labute approximate surface area is 81.6 Å². The van der Waals surface area contributed by atoms with Gasteiger partial charge < -0.3 is 10.4 Å². The number of nitrogens with one attached hydrogen (secondary N) is 1. The van der Waals surface area contributed by atoms with Crippen LogP contribution >= 0.6 is 0 Å². The Bertz CT molecular complexity index is 334. The first kappa shape index (κ1) is 10.4. The van der Waals surface area contributed by atoms with Gasteiger partial charge in [-0.15, -0.1) is 0 Å². The monoisotopic (exact) mass is 193 g/mol. The van der Waals surface area contributed by atoms with Crippen LogP contribution in [-0.4, -0.2) is 22.9 Å². The Morgan fingerprint density at radius 2 is 1.86 bits per heavy atom. The molecule has 0 aliphatic heterocycles. The second-order valence-electron chi connectivity index (χ2n) is 2.87. The smallest absolute Gasteiger partial charge is 0.260 e. The van der Waals surface area contributed by atoms with E-state index in [0.717, 1.165) is 6.92 Å². The molecule has 1 amide bonds. The lowest BCUT2D eigenvalue weighted by Gasteiger charge is -2.07. The normalized spacial score (nSPS) is 11.9. The predicted molar refractivity (Wildman–Crippen MR) is 51.8 cm³/mol. The summed E-state index contributed by atoms with van der Waals surface area (Å²) in [5, 5.41) is 11.5. The number of benzene rings is 1. The number of ketones is 1. The quantitative estimate of drug-likeness (QED) is 0.690. The van der Waals surface area contributed by atoms with E-state index >= 15 is 0 Å². The molecule has 1 rings (SSSR count). The molecule has 2 N–H and O–H groups in total. The van der Waals surface area contributed by atoms with Gasteiger partial charge in [0.15, 0.2) is 11.9 Å². The lowest BCUT2D eigenvalue weighted by molar-refractivity contribution is -0.135. The Kier molecular flexibility index (Phi) is 3.36. The average Bonchev–Trinajstić information content (AvgIpc) is 2.18. The number of para-hydroxylation sites is 1. The van der Waals surface area contributed by atoms with Crippen molar-refractivity contribution in [1.82, 2.24) is 0 Å². The molecule has 0 radical (unpaired) electrons. The highest BCUT2D eigenvalue weighted by Crippen LogP contribution is 2.05. The molecule has 4 nitrogen and oxygen atoms in total. The van der Waals surface area contributed by atoms with Crippen molar-refractivity contribution < 1.29 is 14.7 Å². The number of aliphatic hydroxyl groups is 1. The Balaban J connectivity index is 2.62. The molecule has 0 aliphatic carbocycles. The number of hydrogen-bond acceptors (Lipinski definition) is 3. The van der Waals surface area contributed by atoms with Gasteiger partial charge in [-0.2, -0.15) is 0 Å². The highest BCUT2D eigenvalue weighted by atomic mass is 16.3. The SMILES string of the molecule is CC(=O)C(O)C(=O)Nc1ccccc1. The lowest BCUT2D eigenvalue weighted by Crippen LogP contribution is -2.33. The van der Waals surface area contributed by atoms with E-state index in [-0.39, 0.29) is 0 Å². The molecular weight excluding hydrogens is 182 g/mol. The van der Waals surface area contributed by atoms with Gasteiger partial charge in [-0.1, -0.05) is 18.2 Å². The molecule has 0 saturated carbocycles. The fourth-order valence-corrected chi connectivity index (χ4v) is 0.917. The third-order valence-electron chi connectivity index (χ3n) is 1.67. The molecule has 4 heteroatoms. The highest BCUT2D eigenvalue weighted by molar-refractivity contribution is 6.08. The van der Waals surface area contributed by atoms with Gasteiger partial charge in [-0.25, -0.2) is 0 Å². The molecule has 74 valence electrons. The van der Waals surface area contributed by atoms with Gasteiger partial charge in [0, 0.05) is 5.69 Å². The number of Topliss-reactive ketones (excluding diaryl/α,β-unsaturated/α-hetero) is 1. The van der Waals surface area contributed by atoms with Gasteiger partial charge in [0.2, 0.25) is 0 Å². The zero-order valence-electron chi connectivity index (χ0n) is 7.73. The maximum Gasteiger partial charge on any atom is 0.260 e. The van der Waals surface area contributed by atoms with Crippen LogP contribution in [0.15, 0.2) is 30.3 Å². The van der Waals surface area contributed by atoms with Crippen LogP contribution in [0.4, 0.5) is 5.69 Å². The van der Waals surface area contributed by atoms with Gasteiger partial charge in [0.1, 0.15) is 0 Å². The molecule has 14 heavy (non-hydrogen) atoms. The number of hydrogen-bond donors (Lipinski definition) is 2. The van der Waals surface area contributed by atoms with Crippen molar-refractivity contribution in [1.29, 1.82) is 0 Å². The highest BCUT2D eigenvalue weighted by Gasteiger charge is 2.19. The van der Waals surface area contributed by atoms with Crippen molar-refractivity contribution in [2.45, 2.75) is 13.0 Å². The van der Waals surface area contributed by atoms with Crippen LogP contribution in [0.3, 0.4) is 0 Å². The number of amides is 1. The van der Waals surface area contributed by atoms with E-state index in [0.29, 0.717) is 5.69 Å². The summed E-state index contributed by atoms with van der Waals surface area (Å²) >= 11 is 0. The second kappa shape index (κ2) is 4.53. The molecule has 0 spiro atoms. The van der Waals surface area contributed by atoms with E-state index in [1.807, 2.05) is 0 Å². The average molecular weight is 193 g/mol. The van der Waals surface area contributed by atoms with Crippen molar-refractivity contribution in [3.05, 3.63) is 30.3 Å². The molecule has 0 heterocycles. The first-order valence-electron chi connectivity index (χ1n) is 4.15. The predicted octanol–water partition coefficient (Wildman–Crippen LogP) is 0.575.